The number of para-hydroxylation sites is 2. The summed E-state index contributed by atoms with van der Waals surface area (Å²) in [4.78, 5) is 0. The van der Waals surface area contributed by atoms with Gasteiger partial charge in [0.25, 0.3) is 0 Å². The maximum atomic E-state index is 9.14. The Morgan fingerprint density at radius 1 is 0.500 bits per heavy atom. The summed E-state index contributed by atoms with van der Waals surface area (Å²) in [5.41, 5.74) is 1.96. The van der Waals surface area contributed by atoms with Crippen molar-refractivity contribution in [3.05, 3.63) is 71.3 Å². The molecule has 10 heteroatoms. The van der Waals surface area contributed by atoms with E-state index < -0.39 is 12.6 Å². The van der Waals surface area contributed by atoms with Crippen molar-refractivity contribution < 1.29 is 72.8 Å². The van der Waals surface area contributed by atoms with Crippen LogP contribution in [0.1, 0.15) is 54.4 Å². The van der Waals surface area contributed by atoms with Crippen LogP contribution in [-0.2, 0) is 42.1 Å². The molecule has 2 aromatic rings. The van der Waals surface area contributed by atoms with E-state index in [0.717, 1.165) is 24.2 Å². The number of nitrogens with zero attached hydrogens (tertiary/aromatic N) is 2. The molecule has 0 bridgehead atoms. The normalized spacial score (nSPS) is 12.8. The number of hydrogen-bond acceptors (Lipinski definition) is 6. The summed E-state index contributed by atoms with van der Waals surface area (Å²) < 4.78 is 0. The molecule has 0 saturated heterocycles. The van der Waals surface area contributed by atoms with Crippen LogP contribution in [0.3, 0.4) is 0 Å². The van der Waals surface area contributed by atoms with Gasteiger partial charge in [-0.05, 0) is 40.5 Å². The smallest absolute Gasteiger partial charge is 0.148 e. The van der Waals surface area contributed by atoms with Crippen LogP contribution < -0.4 is 0 Å². The van der Waals surface area contributed by atoms with Gasteiger partial charge in [-0.25, -0.2) is 0 Å². The maximum absolute atomic E-state index is 9.14. The molecule has 0 radical (unpaired) electrons. The second-order valence-electron chi connectivity index (χ2n) is 8.06. The number of rotatable bonds is 8. The maximum Gasteiger partial charge on any atom is 0.148 e. The third-order valence-electron chi connectivity index (χ3n) is 3.62. The fraction of sp³-hybridized carbons (Fsp3) is 0.538. The first kappa shape index (κ1) is 42.3. The Labute approximate surface area is 245 Å². The first-order chi connectivity index (χ1) is 15.8. The predicted octanol–water partition coefficient (Wildman–Crippen LogP) is 4.33. The molecule has 4 unspecified atom stereocenters. The van der Waals surface area contributed by atoms with E-state index in [-0.39, 0.29) is 66.4 Å². The van der Waals surface area contributed by atoms with Crippen LogP contribution in [0, 0.1) is 0 Å². The van der Waals surface area contributed by atoms with Gasteiger partial charge in [0.15, 0.2) is 0 Å². The van der Waals surface area contributed by atoms with Gasteiger partial charge in [-0.15, -0.1) is 23.5 Å². The Hall–Kier alpha value is -0.823. The standard InChI is InChI=1S/2C11H16NO.2C2H6O2.2Mo/c2*1-9(8-10(2)13)12-11-6-4-3-5-7-11;2*1-2(3)4;;/h2*3-7,9-10,13H,8H2,1-2H3;2*2-4H,1H3;;/q2*-1;;;;. The Balaban J connectivity index is -0.000000211. The van der Waals surface area contributed by atoms with Crippen molar-refractivity contribution in [3.63, 3.8) is 0 Å². The largest absolute Gasteiger partial charge is 0.682 e. The third kappa shape index (κ3) is 35.3. The minimum absolute atomic E-state index is 0. The summed E-state index contributed by atoms with van der Waals surface area (Å²) in [6, 6.07) is 20.1. The van der Waals surface area contributed by atoms with Gasteiger partial charge in [0.2, 0.25) is 0 Å². The van der Waals surface area contributed by atoms with E-state index in [9.17, 15) is 0 Å². The Morgan fingerprint density at radius 3 is 0.917 bits per heavy atom. The van der Waals surface area contributed by atoms with E-state index in [1.165, 1.54) is 13.8 Å². The van der Waals surface area contributed by atoms with Crippen molar-refractivity contribution in [2.75, 3.05) is 0 Å². The second-order valence-corrected chi connectivity index (χ2v) is 8.06. The van der Waals surface area contributed by atoms with Crippen molar-refractivity contribution in [2.24, 2.45) is 0 Å². The SMILES string of the molecule is CC(O)CC(C)[N-]c1ccccc1.CC(O)CC(C)[N-]c1ccccc1.CC(O)O.CC(O)O.[Mo].[Mo]. The molecule has 0 aliphatic carbocycles. The van der Waals surface area contributed by atoms with Crippen molar-refractivity contribution >= 4 is 11.4 Å². The van der Waals surface area contributed by atoms with Crippen LogP contribution in [0.25, 0.3) is 10.6 Å². The van der Waals surface area contributed by atoms with Gasteiger partial charge < -0.3 is 41.3 Å². The summed E-state index contributed by atoms with van der Waals surface area (Å²) in [7, 11) is 0. The van der Waals surface area contributed by atoms with E-state index in [0.29, 0.717) is 0 Å². The zero-order chi connectivity index (χ0) is 26.5. The molecule has 0 aliphatic rings. The van der Waals surface area contributed by atoms with E-state index in [1.807, 2.05) is 74.5 Å². The van der Waals surface area contributed by atoms with Crippen LogP contribution in [0.4, 0.5) is 11.4 Å². The molecule has 208 valence electrons. The molecule has 0 amide bonds. The Morgan fingerprint density at radius 2 is 0.722 bits per heavy atom. The van der Waals surface area contributed by atoms with Crippen LogP contribution in [-0.4, -0.2) is 67.5 Å². The van der Waals surface area contributed by atoms with Crippen LogP contribution >= 0.6 is 0 Å². The zero-order valence-electron chi connectivity index (χ0n) is 22.0. The summed E-state index contributed by atoms with van der Waals surface area (Å²) >= 11 is 0. The molecular formula is C26H44Mo2N2O6-2. The fourth-order valence-corrected chi connectivity index (χ4v) is 2.63. The van der Waals surface area contributed by atoms with Gasteiger partial charge in [0.05, 0.1) is 0 Å². The van der Waals surface area contributed by atoms with Crippen molar-refractivity contribution in [2.45, 2.75) is 91.3 Å². The van der Waals surface area contributed by atoms with Gasteiger partial charge in [0.1, 0.15) is 12.6 Å². The number of hydrogen-bond donors (Lipinski definition) is 6. The summed E-state index contributed by atoms with van der Waals surface area (Å²) in [5.74, 6) is 0. The molecule has 0 aromatic heterocycles. The molecule has 2 rings (SSSR count). The number of aliphatic hydroxyl groups is 6. The quantitative estimate of drug-likeness (QED) is 0.182. The number of aliphatic hydroxyl groups excluding tert-OH is 4. The second kappa shape index (κ2) is 27.2. The van der Waals surface area contributed by atoms with Gasteiger partial charge in [-0.2, -0.15) is 0 Å². The van der Waals surface area contributed by atoms with E-state index in [2.05, 4.69) is 10.6 Å². The van der Waals surface area contributed by atoms with Gasteiger partial charge in [-0.3, -0.25) is 0 Å². The molecule has 0 heterocycles. The van der Waals surface area contributed by atoms with E-state index >= 15 is 0 Å². The third-order valence-corrected chi connectivity index (χ3v) is 3.62. The Bertz CT molecular complexity index is 616. The molecule has 4 atom stereocenters. The minimum atomic E-state index is -1.17. The average molecular weight is 673 g/mol. The number of benzene rings is 2. The molecule has 6 N–H and O–H groups in total. The Kier molecular flexibility index (Phi) is 32.0. The monoisotopic (exact) mass is 676 g/mol. The summed E-state index contributed by atoms with van der Waals surface area (Å²) in [6.45, 7) is 10.2. The van der Waals surface area contributed by atoms with Crippen molar-refractivity contribution in [3.8, 4) is 0 Å². The molecule has 0 saturated carbocycles. The molecule has 0 aliphatic heterocycles. The topological polar surface area (TPSA) is 150 Å². The van der Waals surface area contributed by atoms with Crippen LogP contribution in [0.2, 0.25) is 0 Å². The van der Waals surface area contributed by atoms with Gasteiger partial charge in [0, 0.05) is 54.3 Å². The van der Waals surface area contributed by atoms with E-state index in [4.69, 9.17) is 30.6 Å². The zero-order valence-corrected chi connectivity index (χ0v) is 26.1. The van der Waals surface area contributed by atoms with Gasteiger partial charge >= 0.3 is 0 Å². The van der Waals surface area contributed by atoms with Crippen LogP contribution in [0.5, 0.6) is 0 Å². The molecule has 8 nitrogen and oxygen atoms in total. The van der Waals surface area contributed by atoms with Crippen molar-refractivity contribution in [1.29, 1.82) is 0 Å². The fourth-order valence-electron chi connectivity index (χ4n) is 2.63. The van der Waals surface area contributed by atoms with Crippen molar-refractivity contribution in [1.82, 2.24) is 0 Å². The average Bonchev–Trinajstić information content (AvgIpc) is 2.68. The molecule has 0 spiro atoms. The summed E-state index contributed by atoms with van der Waals surface area (Å²) in [6.07, 6.45) is -1.45. The predicted molar refractivity (Wildman–Crippen MR) is 138 cm³/mol. The first-order valence-corrected chi connectivity index (χ1v) is 11.4. The minimum Gasteiger partial charge on any atom is -0.682 e. The molecule has 0 fully saturated rings. The molecule has 36 heavy (non-hydrogen) atoms. The van der Waals surface area contributed by atoms with Gasteiger partial charge in [-0.1, -0.05) is 74.5 Å². The summed E-state index contributed by atoms with van der Waals surface area (Å²) in [5, 5.41) is 57.6. The molecule has 2 aromatic carbocycles. The molecular weight excluding hydrogens is 628 g/mol. The van der Waals surface area contributed by atoms with Crippen LogP contribution in [0.15, 0.2) is 60.7 Å². The first-order valence-electron chi connectivity index (χ1n) is 11.4. The van der Waals surface area contributed by atoms with E-state index in [1.54, 1.807) is 13.8 Å².